The molecule has 1 aromatic carbocycles. The van der Waals surface area contributed by atoms with Crippen molar-refractivity contribution in [3.63, 3.8) is 0 Å². The van der Waals surface area contributed by atoms with Gasteiger partial charge >= 0.3 is 6.03 Å². The zero-order valence-corrected chi connectivity index (χ0v) is 17.4. The fourth-order valence-electron chi connectivity index (χ4n) is 3.36. The average molecular weight is 399 g/mol. The number of aromatic nitrogens is 1. The van der Waals surface area contributed by atoms with Crippen LogP contribution < -0.4 is 25.0 Å². The van der Waals surface area contributed by atoms with E-state index < -0.39 is 0 Å². The first-order valence-corrected chi connectivity index (χ1v) is 10.0. The molecule has 1 fully saturated rings. The van der Waals surface area contributed by atoms with Gasteiger partial charge in [0.25, 0.3) is 0 Å². The number of anilines is 1. The number of piperidine rings is 1. The fraction of sp³-hybridized carbons (Fsp3) is 0.455. The molecule has 0 bridgehead atoms. The third-order valence-electron chi connectivity index (χ3n) is 5.27. The molecule has 0 radical (unpaired) electrons. The van der Waals surface area contributed by atoms with Crippen LogP contribution in [0.1, 0.15) is 30.9 Å². The van der Waals surface area contributed by atoms with E-state index >= 15 is 0 Å². The number of pyridine rings is 1. The summed E-state index contributed by atoms with van der Waals surface area (Å²) in [5.41, 5.74) is 1.90. The monoisotopic (exact) mass is 398 g/mol. The molecule has 2 N–H and O–H groups in total. The highest BCUT2D eigenvalue weighted by molar-refractivity contribution is 5.73. The number of rotatable bonds is 7. The maximum absolute atomic E-state index is 12.1. The smallest absolute Gasteiger partial charge is 0.315 e. The van der Waals surface area contributed by atoms with Gasteiger partial charge in [-0.2, -0.15) is 0 Å². The fourth-order valence-corrected chi connectivity index (χ4v) is 3.36. The van der Waals surface area contributed by atoms with Gasteiger partial charge in [-0.25, -0.2) is 9.78 Å². The van der Waals surface area contributed by atoms with Crippen LogP contribution in [0, 0.1) is 5.92 Å². The van der Waals surface area contributed by atoms with Crippen LogP contribution in [0.3, 0.4) is 0 Å². The van der Waals surface area contributed by atoms with Crippen molar-refractivity contribution in [2.75, 3.05) is 32.2 Å². The molecular formula is C22H30N4O3. The lowest BCUT2D eigenvalue weighted by Gasteiger charge is -2.31. The molecule has 1 aromatic heterocycles. The number of nitrogens with one attached hydrogen (secondary N) is 2. The Morgan fingerprint density at radius 2 is 1.69 bits per heavy atom. The first-order valence-electron chi connectivity index (χ1n) is 10.0. The Bertz CT molecular complexity index is 802. The first kappa shape index (κ1) is 20.8. The van der Waals surface area contributed by atoms with Gasteiger partial charge in [-0.3, -0.25) is 0 Å². The van der Waals surface area contributed by atoms with E-state index in [2.05, 4.69) is 27.4 Å². The zero-order valence-electron chi connectivity index (χ0n) is 17.4. The Kier molecular flexibility index (Phi) is 7.16. The summed E-state index contributed by atoms with van der Waals surface area (Å²) in [5, 5.41) is 5.72. The van der Waals surface area contributed by atoms with E-state index in [0.29, 0.717) is 24.6 Å². The number of hydrogen-bond donors (Lipinski definition) is 2. The van der Waals surface area contributed by atoms with Crippen molar-refractivity contribution in [1.82, 2.24) is 15.6 Å². The van der Waals surface area contributed by atoms with Crippen LogP contribution in [0.15, 0.2) is 36.5 Å². The lowest BCUT2D eigenvalue weighted by atomic mass is 9.99. The summed E-state index contributed by atoms with van der Waals surface area (Å²) in [7, 11) is 3.19. The first-order chi connectivity index (χ1) is 14.1. The predicted octanol–water partition coefficient (Wildman–Crippen LogP) is 3.33. The number of carbonyl (C=O) groups is 1. The Labute approximate surface area is 172 Å². The highest BCUT2D eigenvalue weighted by atomic mass is 16.5. The minimum atomic E-state index is -0.228. The Balaban J connectivity index is 1.44. The number of methoxy groups -OCH3 is 2. The molecule has 0 spiro atoms. The number of amides is 2. The molecule has 0 saturated carbocycles. The van der Waals surface area contributed by atoms with Gasteiger partial charge in [-0.1, -0.05) is 19.1 Å². The van der Waals surface area contributed by atoms with E-state index in [1.165, 1.54) is 12.8 Å². The Hall–Kier alpha value is -2.96. The van der Waals surface area contributed by atoms with Gasteiger partial charge < -0.3 is 25.0 Å². The molecule has 3 rings (SSSR count). The van der Waals surface area contributed by atoms with Gasteiger partial charge in [0.2, 0.25) is 0 Å². The molecule has 1 aliphatic rings. The molecule has 7 nitrogen and oxygen atoms in total. The summed E-state index contributed by atoms with van der Waals surface area (Å²) in [6.07, 6.45) is 4.26. The van der Waals surface area contributed by atoms with Gasteiger partial charge in [-0.05, 0) is 48.1 Å². The topological polar surface area (TPSA) is 75.7 Å². The van der Waals surface area contributed by atoms with Gasteiger partial charge in [0.1, 0.15) is 5.82 Å². The third kappa shape index (κ3) is 5.76. The summed E-state index contributed by atoms with van der Waals surface area (Å²) in [6, 6.07) is 9.40. The van der Waals surface area contributed by atoms with Gasteiger partial charge in [-0.15, -0.1) is 0 Å². The zero-order chi connectivity index (χ0) is 20.6. The molecule has 7 heteroatoms. The van der Waals surface area contributed by atoms with E-state index in [4.69, 9.17) is 9.47 Å². The summed E-state index contributed by atoms with van der Waals surface area (Å²) in [6.45, 7) is 5.25. The van der Waals surface area contributed by atoms with Crippen LogP contribution in [0.5, 0.6) is 11.5 Å². The predicted molar refractivity (Wildman–Crippen MR) is 113 cm³/mol. The van der Waals surface area contributed by atoms with Crippen LogP contribution >= 0.6 is 0 Å². The van der Waals surface area contributed by atoms with E-state index in [1.54, 1.807) is 14.2 Å². The van der Waals surface area contributed by atoms with Gasteiger partial charge in [0, 0.05) is 32.4 Å². The third-order valence-corrected chi connectivity index (χ3v) is 5.27. The molecule has 1 aliphatic heterocycles. The van der Waals surface area contributed by atoms with Crippen molar-refractivity contribution < 1.29 is 14.3 Å². The highest BCUT2D eigenvalue weighted by Crippen LogP contribution is 2.27. The molecule has 29 heavy (non-hydrogen) atoms. The van der Waals surface area contributed by atoms with Crippen molar-refractivity contribution in [3.05, 3.63) is 47.7 Å². The molecule has 0 atom stereocenters. The molecule has 0 unspecified atom stereocenters. The second-order valence-electron chi connectivity index (χ2n) is 7.42. The molecule has 156 valence electrons. The molecule has 2 amide bonds. The second kappa shape index (κ2) is 10.0. The highest BCUT2D eigenvalue weighted by Gasteiger charge is 2.16. The van der Waals surface area contributed by atoms with Crippen molar-refractivity contribution >= 4 is 11.8 Å². The maximum atomic E-state index is 12.1. The molecule has 2 heterocycles. The summed E-state index contributed by atoms with van der Waals surface area (Å²) < 4.78 is 10.5. The van der Waals surface area contributed by atoms with E-state index in [9.17, 15) is 4.79 Å². The van der Waals surface area contributed by atoms with Crippen LogP contribution in [0.2, 0.25) is 0 Å². The average Bonchev–Trinajstić information content (AvgIpc) is 2.77. The van der Waals surface area contributed by atoms with Crippen LogP contribution in [-0.4, -0.2) is 38.3 Å². The van der Waals surface area contributed by atoms with E-state index in [0.717, 1.165) is 36.0 Å². The van der Waals surface area contributed by atoms with Crippen LogP contribution in [0.4, 0.5) is 10.6 Å². The lowest BCUT2D eigenvalue weighted by Crippen LogP contribution is -2.35. The van der Waals surface area contributed by atoms with Crippen molar-refractivity contribution in [2.24, 2.45) is 5.92 Å². The Morgan fingerprint density at radius 3 is 2.31 bits per heavy atom. The number of hydrogen-bond acceptors (Lipinski definition) is 5. The number of benzene rings is 1. The standard InChI is InChI=1S/C22H30N4O3/c1-16-8-10-26(11-9-16)21-7-5-18(14-23-21)15-25-22(27)24-13-17-4-6-19(28-2)20(12-17)29-3/h4-7,12,14,16H,8-11,13,15H2,1-3H3,(H2,24,25,27). The largest absolute Gasteiger partial charge is 0.493 e. The number of urea groups is 1. The lowest BCUT2D eigenvalue weighted by molar-refractivity contribution is 0.240. The maximum Gasteiger partial charge on any atom is 0.315 e. The van der Waals surface area contributed by atoms with E-state index in [1.807, 2.05) is 36.5 Å². The van der Waals surface area contributed by atoms with Crippen molar-refractivity contribution in [2.45, 2.75) is 32.9 Å². The van der Waals surface area contributed by atoms with E-state index in [-0.39, 0.29) is 6.03 Å². The van der Waals surface area contributed by atoms with Gasteiger partial charge in [0.05, 0.1) is 14.2 Å². The minimum Gasteiger partial charge on any atom is -0.493 e. The van der Waals surface area contributed by atoms with Crippen molar-refractivity contribution in [3.8, 4) is 11.5 Å². The normalized spacial score (nSPS) is 14.4. The molecular weight excluding hydrogens is 368 g/mol. The summed E-state index contributed by atoms with van der Waals surface area (Å²) in [4.78, 5) is 19.0. The van der Waals surface area contributed by atoms with Crippen LogP contribution in [0.25, 0.3) is 0 Å². The molecule has 2 aromatic rings. The minimum absolute atomic E-state index is 0.228. The number of carbonyl (C=O) groups excluding carboxylic acids is 1. The quantitative estimate of drug-likeness (QED) is 0.748. The Morgan fingerprint density at radius 1 is 1.03 bits per heavy atom. The molecule has 0 aliphatic carbocycles. The number of nitrogens with zero attached hydrogens (tertiary/aromatic N) is 2. The SMILES string of the molecule is COc1ccc(CNC(=O)NCc2ccc(N3CCC(C)CC3)nc2)cc1OC. The molecule has 1 saturated heterocycles. The summed E-state index contributed by atoms with van der Waals surface area (Å²) >= 11 is 0. The number of ether oxygens (including phenoxy) is 2. The van der Waals surface area contributed by atoms with Crippen molar-refractivity contribution in [1.29, 1.82) is 0 Å². The summed E-state index contributed by atoms with van der Waals surface area (Å²) in [5.74, 6) is 3.11. The van der Waals surface area contributed by atoms with Gasteiger partial charge in [0.15, 0.2) is 11.5 Å². The second-order valence-corrected chi connectivity index (χ2v) is 7.42. The van der Waals surface area contributed by atoms with Crippen LogP contribution in [-0.2, 0) is 13.1 Å².